The molecule has 0 saturated heterocycles. The van der Waals surface area contributed by atoms with E-state index in [0.717, 1.165) is 0 Å². The topological polar surface area (TPSA) is 9.23 Å². The molecule has 0 fully saturated rings. The van der Waals surface area contributed by atoms with Crippen molar-refractivity contribution in [2.45, 2.75) is 0 Å². The van der Waals surface area contributed by atoms with Gasteiger partial charge in [-0.1, -0.05) is 61.2 Å². The SMILES string of the molecule is C=C/C=C/c1ccc(/C=C/COC)cc1. The predicted octanol–water partition coefficient (Wildman–Crippen LogP) is 3.55. The second-order valence-electron chi connectivity index (χ2n) is 3.12. The molecule has 0 amide bonds. The van der Waals surface area contributed by atoms with Gasteiger partial charge in [0.1, 0.15) is 0 Å². The monoisotopic (exact) mass is 200 g/mol. The Hall–Kier alpha value is -1.60. The van der Waals surface area contributed by atoms with Crippen molar-refractivity contribution in [2.24, 2.45) is 0 Å². The van der Waals surface area contributed by atoms with Crippen LogP contribution in [0.4, 0.5) is 0 Å². The third-order valence-electron chi connectivity index (χ3n) is 1.93. The zero-order chi connectivity index (χ0) is 10.9. The lowest BCUT2D eigenvalue weighted by molar-refractivity contribution is 0.234. The average molecular weight is 200 g/mol. The van der Waals surface area contributed by atoms with Gasteiger partial charge in [-0.3, -0.25) is 0 Å². The lowest BCUT2D eigenvalue weighted by Crippen LogP contribution is -1.80. The highest BCUT2D eigenvalue weighted by Gasteiger charge is 1.87. The highest BCUT2D eigenvalue weighted by molar-refractivity contribution is 5.56. The van der Waals surface area contributed by atoms with E-state index in [2.05, 4.69) is 30.8 Å². The summed E-state index contributed by atoms with van der Waals surface area (Å²) in [7, 11) is 1.69. The first-order valence-corrected chi connectivity index (χ1v) is 4.91. The van der Waals surface area contributed by atoms with Gasteiger partial charge < -0.3 is 4.74 Å². The summed E-state index contributed by atoms with van der Waals surface area (Å²) in [5.74, 6) is 0. The largest absolute Gasteiger partial charge is 0.381 e. The summed E-state index contributed by atoms with van der Waals surface area (Å²) < 4.78 is 4.93. The van der Waals surface area contributed by atoms with Crippen molar-refractivity contribution in [2.75, 3.05) is 13.7 Å². The predicted molar refractivity (Wildman–Crippen MR) is 66.6 cm³/mol. The summed E-state index contributed by atoms with van der Waals surface area (Å²) in [6.45, 7) is 4.28. The number of rotatable bonds is 5. The van der Waals surface area contributed by atoms with Gasteiger partial charge in [-0.05, 0) is 11.1 Å². The Balaban J connectivity index is 2.63. The van der Waals surface area contributed by atoms with Gasteiger partial charge in [-0.25, -0.2) is 0 Å². The molecule has 1 aromatic carbocycles. The number of allylic oxidation sites excluding steroid dienone is 2. The highest BCUT2D eigenvalue weighted by Crippen LogP contribution is 2.07. The molecular weight excluding hydrogens is 184 g/mol. The van der Waals surface area contributed by atoms with E-state index in [4.69, 9.17) is 4.74 Å². The lowest BCUT2D eigenvalue weighted by atomic mass is 10.1. The Kier molecular flexibility index (Phi) is 5.20. The van der Waals surface area contributed by atoms with Crippen LogP contribution < -0.4 is 0 Å². The molecule has 1 heteroatoms. The van der Waals surface area contributed by atoms with Crippen LogP contribution in [-0.4, -0.2) is 13.7 Å². The van der Waals surface area contributed by atoms with E-state index < -0.39 is 0 Å². The number of methoxy groups -OCH3 is 1. The van der Waals surface area contributed by atoms with E-state index in [-0.39, 0.29) is 0 Å². The van der Waals surface area contributed by atoms with E-state index in [0.29, 0.717) is 6.61 Å². The van der Waals surface area contributed by atoms with Gasteiger partial charge in [-0.15, -0.1) is 0 Å². The molecular formula is C14H16O. The van der Waals surface area contributed by atoms with E-state index in [1.165, 1.54) is 11.1 Å². The molecule has 1 aromatic rings. The van der Waals surface area contributed by atoms with E-state index in [1.807, 2.05) is 24.3 Å². The molecule has 0 spiro atoms. The van der Waals surface area contributed by atoms with Crippen molar-refractivity contribution in [1.82, 2.24) is 0 Å². The summed E-state index contributed by atoms with van der Waals surface area (Å²) >= 11 is 0. The third kappa shape index (κ3) is 4.43. The summed E-state index contributed by atoms with van der Waals surface area (Å²) in [6, 6.07) is 8.31. The molecule has 1 nitrogen and oxygen atoms in total. The van der Waals surface area contributed by atoms with Gasteiger partial charge >= 0.3 is 0 Å². The molecule has 0 aliphatic carbocycles. The third-order valence-corrected chi connectivity index (χ3v) is 1.93. The van der Waals surface area contributed by atoms with Gasteiger partial charge in [0.25, 0.3) is 0 Å². The van der Waals surface area contributed by atoms with Crippen LogP contribution in [0.5, 0.6) is 0 Å². The van der Waals surface area contributed by atoms with Crippen LogP contribution in [0.25, 0.3) is 12.2 Å². The molecule has 0 unspecified atom stereocenters. The van der Waals surface area contributed by atoms with E-state index in [9.17, 15) is 0 Å². The number of hydrogen-bond donors (Lipinski definition) is 0. The van der Waals surface area contributed by atoms with Gasteiger partial charge in [0.2, 0.25) is 0 Å². The van der Waals surface area contributed by atoms with Crippen molar-refractivity contribution >= 4 is 12.2 Å². The zero-order valence-corrected chi connectivity index (χ0v) is 9.02. The van der Waals surface area contributed by atoms with Gasteiger partial charge in [0.15, 0.2) is 0 Å². The molecule has 15 heavy (non-hydrogen) atoms. The van der Waals surface area contributed by atoms with Crippen molar-refractivity contribution in [3.63, 3.8) is 0 Å². The van der Waals surface area contributed by atoms with Gasteiger partial charge in [0, 0.05) is 7.11 Å². The number of hydrogen-bond acceptors (Lipinski definition) is 1. The zero-order valence-electron chi connectivity index (χ0n) is 9.02. The maximum atomic E-state index is 4.93. The van der Waals surface area contributed by atoms with Crippen LogP contribution in [0.15, 0.2) is 49.1 Å². The van der Waals surface area contributed by atoms with E-state index in [1.54, 1.807) is 13.2 Å². The lowest BCUT2D eigenvalue weighted by Gasteiger charge is -1.95. The molecule has 0 bridgehead atoms. The van der Waals surface area contributed by atoms with E-state index >= 15 is 0 Å². The van der Waals surface area contributed by atoms with Crippen molar-refractivity contribution in [3.8, 4) is 0 Å². The normalized spacial score (nSPS) is 11.3. The molecule has 0 saturated carbocycles. The average Bonchev–Trinajstić information content (AvgIpc) is 2.28. The fraction of sp³-hybridized carbons (Fsp3) is 0.143. The molecule has 1 rings (SSSR count). The Morgan fingerprint density at radius 1 is 1.13 bits per heavy atom. The van der Waals surface area contributed by atoms with Crippen LogP contribution >= 0.6 is 0 Å². The minimum atomic E-state index is 0.651. The Morgan fingerprint density at radius 3 is 2.27 bits per heavy atom. The fourth-order valence-electron chi connectivity index (χ4n) is 1.18. The van der Waals surface area contributed by atoms with Crippen LogP contribution in [0, 0.1) is 0 Å². The smallest absolute Gasteiger partial charge is 0.0646 e. The van der Waals surface area contributed by atoms with Crippen LogP contribution in [0.2, 0.25) is 0 Å². The first-order valence-electron chi connectivity index (χ1n) is 4.91. The molecule has 0 N–H and O–H groups in total. The van der Waals surface area contributed by atoms with Gasteiger partial charge in [-0.2, -0.15) is 0 Å². The quantitative estimate of drug-likeness (QED) is 0.660. The second-order valence-corrected chi connectivity index (χ2v) is 3.12. The first kappa shape index (κ1) is 11.5. The molecule has 0 radical (unpaired) electrons. The highest BCUT2D eigenvalue weighted by atomic mass is 16.5. The number of benzene rings is 1. The van der Waals surface area contributed by atoms with Gasteiger partial charge in [0.05, 0.1) is 6.61 Å². The summed E-state index contributed by atoms with van der Waals surface area (Å²) in [6.07, 6.45) is 9.76. The molecule has 0 aliphatic heterocycles. The van der Waals surface area contributed by atoms with Crippen molar-refractivity contribution in [1.29, 1.82) is 0 Å². The minimum absolute atomic E-state index is 0.651. The van der Waals surface area contributed by atoms with Crippen molar-refractivity contribution < 1.29 is 4.74 Å². The standard InChI is InChI=1S/C14H16O/c1-3-4-6-13-8-10-14(11-9-13)7-5-12-15-2/h3-11H,1,12H2,2H3/b6-4+,7-5+. The molecule has 78 valence electrons. The Bertz CT molecular complexity index is 344. The Morgan fingerprint density at radius 2 is 1.73 bits per heavy atom. The maximum Gasteiger partial charge on any atom is 0.0646 e. The van der Waals surface area contributed by atoms with Crippen LogP contribution in [-0.2, 0) is 4.74 Å². The summed E-state index contributed by atoms with van der Waals surface area (Å²) in [5, 5.41) is 0. The fourth-order valence-corrected chi connectivity index (χ4v) is 1.18. The second kappa shape index (κ2) is 6.80. The first-order chi connectivity index (χ1) is 7.36. The Labute approximate surface area is 91.4 Å². The van der Waals surface area contributed by atoms with Crippen LogP contribution in [0.3, 0.4) is 0 Å². The van der Waals surface area contributed by atoms with Crippen LogP contribution in [0.1, 0.15) is 11.1 Å². The summed E-state index contributed by atoms with van der Waals surface area (Å²) in [5.41, 5.74) is 2.36. The number of ether oxygens (including phenoxy) is 1. The maximum absolute atomic E-state index is 4.93. The molecule has 0 aliphatic rings. The minimum Gasteiger partial charge on any atom is -0.381 e. The molecule has 0 aromatic heterocycles. The molecule has 0 atom stereocenters. The molecule has 0 heterocycles. The van der Waals surface area contributed by atoms with Crippen molar-refractivity contribution in [3.05, 3.63) is 60.2 Å². The summed E-state index contributed by atoms with van der Waals surface area (Å²) in [4.78, 5) is 0.